The summed E-state index contributed by atoms with van der Waals surface area (Å²) in [6, 6.07) is 7.22. The molecule has 1 N–H and O–H groups in total. The van der Waals surface area contributed by atoms with E-state index in [1.54, 1.807) is 0 Å². The van der Waals surface area contributed by atoms with E-state index in [0.717, 1.165) is 26.2 Å². The normalized spacial score (nSPS) is 27.0. The number of nitrogens with one attached hydrogen (secondary N) is 1. The molecule has 3 atom stereocenters. The number of rotatable bonds is 5. The van der Waals surface area contributed by atoms with Crippen molar-refractivity contribution in [1.29, 1.82) is 0 Å². The van der Waals surface area contributed by atoms with Gasteiger partial charge in [-0.2, -0.15) is 0 Å². The summed E-state index contributed by atoms with van der Waals surface area (Å²) in [5.41, 5.74) is 4.19. The smallest absolute Gasteiger partial charge is 0.0707 e. The number of ether oxygens (including phenoxy) is 1. The molecule has 1 aromatic carbocycles. The molecule has 2 heterocycles. The first kappa shape index (κ1) is 15.0. The number of nitrogens with zero attached hydrogens (tertiary/aromatic N) is 1. The number of morpholine rings is 1. The van der Waals surface area contributed by atoms with Crippen molar-refractivity contribution >= 4 is 0 Å². The largest absolute Gasteiger partial charge is 0.372 e. The van der Waals surface area contributed by atoms with E-state index in [-0.39, 0.29) is 0 Å². The zero-order valence-electron chi connectivity index (χ0n) is 13.6. The highest BCUT2D eigenvalue weighted by atomic mass is 16.5. The van der Waals surface area contributed by atoms with Crippen LogP contribution in [0.5, 0.6) is 0 Å². The predicted octanol–water partition coefficient (Wildman–Crippen LogP) is 2.82. The van der Waals surface area contributed by atoms with Gasteiger partial charge < -0.3 is 10.1 Å². The number of fused-ring (bicyclic) bond motifs is 2. The van der Waals surface area contributed by atoms with Crippen LogP contribution in [0.25, 0.3) is 0 Å². The Labute approximate surface area is 128 Å². The maximum absolute atomic E-state index is 5.96. The van der Waals surface area contributed by atoms with Gasteiger partial charge in [0, 0.05) is 25.7 Å². The van der Waals surface area contributed by atoms with Gasteiger partial charge in [-0.1, -0.05) is 30.7 Å². The minimum absolute atomic E-state index is 0.424. The molecule has 116 valence electrons. The number of hydrogen-bond donors (Lipinski definition) is 1. The lowest BCUT2D eigenvalue weighted by Crippen LogP contribution is -2.46. The number of likely N-dealkylation sites (tertiary alicyclic amines) is 1. The molecular weight excluding hydrogens is 260 g/mol. The van der Waals surface area contributed by atoms with Gasteiger partial charge in [-0.25, -0.2) is 0 Å². The van der Waals surface area contributed by atoms with Crippen LogP contribution in [0.3, 0.4) is 0 Å². The Morgan fingerprint density at radius 3 is 2.62 bits per heavy atom. The quantitative estimate of drug-likeness (QED) is 0.901. The lowest BCUT2D eigenvalue weighted by atomic mass is 9.98. The minimum Gasteiger partial charge on any atom is -0.372 e. The molecule has 2 aliphatic heterocycles. The van der Waals surface area contributed by atoms with E-state index in [1.165, 1.54) is 29.5 Å². The van der Waals surface area contributed by atoms with Gasteiger partial charge in [0.1, 0.15) is 0 Å². The summed E-state index contributed by atoms with van der Waals surface area (Å²) in [7, 11) is 0. The molecule has 1 aromatic rings. The summed E-state index contributed by atoms with van der Waals surface area (Å²) >= 11 is 0. The monoisotopic (exact) mass is 288 g/mol. The van der Waals surface area contributed by atoms with Crippen LogP contribution >= 0.6 is 0 Å². The third-order valence-corrected chi connectivity index (χ3v) is 4.82. The fourth-order valence-electron chi connectivity index (χ4n) is 3.76. The first-order valence-corrected chi connectivity index (χ1v) is 8.34. The van der Waals surface area contributed by atoms with Crippen molar-refractivity contribution < 1.29 is 4.74 Å². The van der Waals surface area contributed by atoms with Crippen molar-refractivity contribution in [3.05, 3.63) is 34.9 Å². The summed E-state index contributed by atoms with van der Waals surface area (Å²) in [6.07, 6.45) is 3.45. The van der Waals surface area contributed by atoms with E-state index >= 15 is 0 Å². The molecule has 2 fully saturated rings. The summed E-state index contributed by atoms with van der Waals surface area (Å²) in [4.78, 5) is 2.60. The number of likely N-dealkylation sites (N-methyl/N-ethyl adjacent to an activating group) is 1. The summed E-state index contributed by atoms with van der Waals surface area (Å²) in [6.45, 7) is 10.9. The molecule has 0 radical (unpaired) electrons. The highest BCUT2D eigenvalue weighted by molar-refractivity contribution is 5.33. The van der Waals surface area contributed by atoms with Crippen molar-refractivity contribution in [3.63, 3.8) is 0 Å². The Balaban J connectivity index is 1.73. The maximum Gasteiger partial charge on any atom is 0.0707 e. The SMILES string of the molecule is CCNC(CN1CC2CCC(C1)O2)c1cc(C)ccc1C. The van der Waals surface area contributed by atoms with Crippen LogP contribution < -0.4 is 5.32 Å². The minimum atomic E-state index is 0.424. The molecule has 0 saturated carbocycles. The van der Waals surface area contributed by atoms with Gasteiger partial charge in [-0.05, 0) is 44.4 Å². The standard InChI is InChI=1S/C18H28N2O/c1-4-19-18(17-9-13(2)5-6-14(17)3)12-20-10-15-7-8-16(11-20)21-15/h5-6,9,15-16,18-19H,4,7-8,10-12H2,1-3H3. The third-order valence-electron chi connectivity index (χ3n) is 4.82. The molecule has 3 nitrogen and oxygen atoms in total. The van der Waals surface area contributed by atoms with E-state index in [0.29, 0.717) is 18.2 Å². The van der Waals surface area contributed by atoms with Crippen molar-refractivity contribution in [2.75, 3.05) is 26.2 Å². The third kappa shape index (κ3) is 3.47. The number of benzene rings is 1. The molecule has 2 aliphatic rings. The highest BCUT2D eigenvalue weighted by Crippen LogP contribution is 2.28. The van der Waals surface area contributed by atoms with Crippen LogP contribution in [0.15, 0.2) is 18.2 Å². The van der Waals surface area contributed by atoms with E-state index in [4.69, 9.17) is 4.74 Å². The van der Waals surface area contributed by atoms with E-state index in [1.807, 2.05) is 0 Å². The zero-order chi connectivity index (χ0) is 14.8. The molecule has 0 amide bonds. The predicted molar refractivity (Wildman–Crippen MR) is 86.7 cm³/mol. The second-order valence-electron chi connectivity index (χ2n) is 6.65. The van der Waals surface area contributed by atoms with E-state index in [2.05, 4.69) is 49.2 Å². The van der Waals surface area contributed by atoms with Gasteiger partial charge in [0.05, 0.1) is 12.2 Å². The van der Waals surface area contributed by atoms with Crippen molar-refractivity contribution in [2.45, 2.75) is 51.9 Å². The fraction of sp³-hybridized carbons (Fsp3) is 0.667. The molecule has 3 unspecified atom stereocenters. The van der Waals surface area contributed by atoms with Crippen LogP contribution in [0.1, 0.15) is 42.5 Å². The molecule has 0 aliphatic carbocycles. The Kier molecular flexibility index (Phi) is 4.63. The molecule has 3 rings (SSSR count). The zero-order valence-corrected chi connectivity index (χ0v) is 13.6. The number of aryl methyl sites for hydroxylation is 2. The van der Waals surface area contributed by atoms with Crippen molar-refractivity contribution in [1.82, 2.24) is 10.2 Å². The van der Waals surface area contributed by atoms with Gasteiger partial charge in [-0.15, -0.1) is 0 Å². The van der Waals surface area contributed by atoms with Gasteiger partial charge in [0.15, 0.2) is 0 Å². The van der Waals surface area contributed by atoms with Crippen LogP contribution in [0.4, 0.5) is 0 Å². The van der Waals surface area contributed by atoms with E-state index in [9.17, 15) is 0 Å². The number of hydrogen-bond acceptors (Lipinski definition) is 3. The van der Waals surface area contributed by atoms with Gasteiger partial charge >= 0.3 is 0 Å². The molecule has 21 heavy (non-hydrogen) atoms. The first-order chi connectivity index (χ1) is 10.2. The molecule has 2 bridgehead atoms. The second-order valence-corrected chi connectivity index (χ2v) is 6.65. The van der Waals surface area contributed by atoms with Crippen LogP contribution in [0.2, 0.25) is 0 Å². The van der Waals surface area contributed by atoms with E-state index < -0.39 is 0 Å². The molecule has 0 spiro atoms. The Morgan fingerprint density at radius 1 is 1.24 bits per heavy atom. The summed E-state index contributed by atoms with van der Waals surface area (Å²) in [5.74, 6) is 0. The van der Waals surface area contributed by atoms with Crippen molar-refractivity contribution in [2.24, 2.45) is 0 Å². The summed E-state index contributed by atoms with van der Waals surface area (Å²) in [5, 5.41) is 3.68. The van der Waals surface area contributed by atoms with Crippen molar-refractivity contribution in [3.8, 4) is 0 Å². The molecule has 2 saturated heterocycles. The lowest BCUT2D eigenvalue weighted by Gasteiger charge is -2.35. The maximum atomic E-state index is 5.96. The van der Waals surface area contributed by atoms with Gasteiger partial charge in [0.2, 0.25) is 0 Å². The Bertz CT molecular complexity index is 476. The fourth-order valence-corrected chi connectivity index (χ4v) is 3.76. The topological polar surface area (TPSA) is 24.5 Å². The van der Waals surface area contributed by atoms with Crippen LogP contribution in [-0.2, 0) is 4.74 Å². The molecule has 3 heteroatoms. The highest BCUT2D eigenvalue weighted by Gasteiger charge is 2.34. The average molecular weight is 288 g/mol. The summed E-state index contributed by atoms with van der Waals surface area (Å²) < 4.78 is 5.96. The van der Waals surface area contributed by atoms with Crippen LogP contribution in [0, 0.1) is 13.8 Å². The van der Waals surface area contributed by atoms with Gasteiger partial charge in [-0.3, -0.25) is 4.90 Å². The first-order valence-electron chi connectivity index (χ1n) is 8.34. The average Bonchev–Trinajstić information content (AvgIpc) is 2.80. The Morgan fingerprint density at radius 2 is 1.95 bits per heavy atom. The molecule has 0 aromatic heterocycles. The Hall–Kier alpha value is -0.900. The van der Waals surface area contributed by atoms with Crippen LogP contribution in [-0.4, -0.2) is 43.3 Å². The lowest BCUT2D eigenvalue weighted by molar-refractivity contribution is -0.0407. The van der Waals surface area contributed by atoms with Gasteiger partial charge in [0.25, 0.3) is 0 Å². The molecular formula is C18H28N2O. The second kappa shape index (κ2) is 6.47.